The molecule has 3 aromatic rings. The number of carbonyl (C=O) groups is 2. The van der Waals surface area contributed by atoms with E-state index in [9.17, 15) is 14.0 Å². The van der Waals surface area contributed by atoms with Crippen LogP contribution < -0.4 is 5.32 Å². The summed E-state index contributed by atoms with van der Waals surface area (Å²) in [5.74, 6) is 0.425. The zero-order chi connectivity index (χ0) is 24.9. The fraction of sp³-hybridized carbons (Fsp3) is 0.357. The topological polar surface area (TPSA) is 75.0 Å². The summed E-state index contributed by atoms with van der Waals surface area (Å²) < 4.78 is 24.7. The van der Waals surface area contributed by atoms with Crippen LogP contribution in [0.15, 0.2) is 71.3 Å². The number of morpholine rings is 1. The molecular formula is C28H30FN3O4. The molecule has 1 aliphatic carbocycles. The van der Waals surface area contributed by atoms with Crippen molar-refractivity contribution in [3.05, 3.63) is 95.2 Å². The summed E-state index contributed by atoms with van der Waals surface area (Å²) in [6.07, 6.45) is 3.44. The Kier molecular flexibility index (Phi) is 7.44. The van der Waals surface area contributed by atoms with Gasteiger partial charge in [0.25, 0.3) is 5.91 Å². The van der Waals surface area contributed by atoms with Crippen LogP contribution in [0.4, 0.5) is 4.39 Å². The van der Waals surface area contributed by atoms with E-state index in [0.29, 0.717) is 44.4 Å². The highest BCUT2D eigenvalue weighted by atomic mass is 19.1. The molecule has 0 radical (unpaired) electrons. The Balaban J connectivity index is 1.23. The fourth-order valence-corrected chi connectivity index (χ4v) is 4.35. The Morgan fingerprint density at radius 2 is 1.81 bits per heavy atom. The number of ether oxygens (including phenoxy) is 1. The Morgan fingerprint density at radius 3 is 2.50 bits per heavy atom. The second kappa shape index (κ2) is 11.1. The third-order valence-corrected chi connectivity index (χ3v) is 6.51. The lowest BCUT2D eigenvalue weighted by atomic mass is 10.1. The average Bonchev–Trinajstić information content (AvgIpc) is 3.56. The molecule has 2 heterocycles. The van der Waals surface area contributed by atoms with E-state index < -0.39 is 0 Å². The maximum atomic E-state index is 13.3. The van der Waals surface area contributed by atoms with Gasteiger partial charge in [-0.15, -0.1) is 0 Å². The van der Waals surface area contributed by atoms with Gasteiger partial charge in [-0.1, -0.05) is 24.3 Å². The molecule has 1 unspecified atom stereocenters. The second-order valence-corrected chi connectivity index (χ2v) is 9.42. The highest BCUT2D eigenvalue weighted by molar-refractivity contribution is 5.94. The van der Waals surface area contributed by atoms with Gasteiger partial charge in [0.15, 0.2) is 0 Å². The van der Waals surface area contributed by atoms with Crippen LogP contribution in [-0.2, 0) is 22.6 Å². The van der Waals surface area contributed by atoms with Gasteiger partial charge in [-0.3, -0.25) is 14.5 Å². The maximum absolute atomic E-state index is 13.3. The largest absolute Gasteiger partial charge is 0.468 e. The summed E-state index contributed by atoms with van der Waals surface area (Å²) >= 11 is 0. The van der Waals surface area contributed by atoms with Gasteiger partial charge >= 0.3 is 0 Å². The Morgan fingerprint density at radius 1 is 1.03 bits per heavy atom. The van der Waals surface area contributed by atoms with Crippen molar-refractivity contribution in [1.29, 1.82) is 0 Å². The van der Waals surface area contributed by atoms with Gasteiger partial charge in [0.2, 0.25) is 5.91 Å². The molecule has 2 aromatic carbocycles. The molecule has 1 N–H and O–H groups in total. The van der Waals surface area contributed by atoms with Gasteiger partial charge in [0.05, 0.1) is 32.5 Å². The summed E-state index contributed by atoms with van der Waals surface area (Å²) in [5.41, 5.74) is 2.50. The molecule has 36 heavy (non-hydrogen) atoms. The minimum absolute atomic E-state index is 0.00241. The van der Waals surface area contributed by atoms with E-state index in [-0.39, 0.29) is 30.3 Å². The number of nitrogens with zero attached hydrogens (tertiary/aromatic N) is 2. The molecular weight excluding hydrogens is 461 g/mol. The normalized spacial score (nSPS) is 17.8. The number of amides is 2. The number of hydrogen-bond donors (Lipinski definition) is 1. The molecule has 1 aliphatic heterocycles. The van der Waals surface area contributed by atoms with Gasteiger partial charge in [-0.2, -0.15) is 0 Å². The van der Waals surface area contributed by atoms with Gasteiger partial charge in [-0.05, 0) is 60.4 Å². The number of benzene rings is 2. The van der Waals surface area contributed by atoms with E-state index in [1.165, 1.54) is 12.1 Å². The molecule has 5 rings (SSSR count). The van der Waals surface area contributed by atoms with Crippen molar-refractivity contribution in [2.45, 2.75) is 38.1 Å². The van der Waals surface area contributed by atoms with E-state index in [4.69, 9.17) is 9.15 Å². The smallest absolute Gasteiger partial charge is 0.251 e. The maximum Gasteiger partial charge on any atom is 0.251 e. The van der Waals surface area contributed by atoms with E-state index in [1.54, 1.807) is 23.3 Å². The minimum Gasteiger partial charge on any atom is -0.468 e. The summed E-state index contributed by atoms with van der Waals surface area (Å²) in [5, 5.41) is 3.00. The quantitative estimate of drug-likeness (QED) is 0.491. The lowest BCUT2D eigenvalue weighted by Gasteiger charge is -2.34. The lowest BCUT2D eigenvalue weighted by Crippen LogP contribution is -2.46. The first-order chi connectivity index (χ1) is 17.5. The molecule has 1 aromatic heterocycles. The Hall–Kier alpha value is -3.49. The van der Waals surface area contributed by atoms with Gasteiger partial charge in [0, 0.05) is 24.7 Å². The zero-order valence-corrected chi connectivity index (χ0v) is 20.1. The molecule has 0 spiro atoms. The summed E-state index contributed by atoms with van der Waals surface area (Å²) in [7, 11) is 0. The van der Waals surface area contributed by atoms with E-state index >= 15 is 0 Å². The first-order valence-corrected chi connectivity index (χ1v) is 12.3. The van der Waals surface area contributed by atoms with Crippen molar-refractivity contribution in [3.63, 3.8) is 0 Å². The molecule has 2 fully saturated rings. The number of hydrogen-bond acceptors (Lipinski definition) is 5. The van der Waals surface area contributed by atoms with Crippen molar-refractivity contribution >= 4 is 11.8 Å². The molecule has 2 amide bonds. The van der Waals surface area contributed by atoms with Gasteiger partial charge in [0.1, 0.15) is 17.7 Å². The third-order valence-electron chi connectivity index (χ3n) is 6.51. The molecule has 2 aliphatic rings. The molecule has 7 nitrogen and oxygen atoms in total. The Labute approximate surface area is 209 Å². The molecule has 1 saturated heterocycles. The van der Waals surface area contributed by atoms with Gasteiger partial charge in [-0.25, -0.2) is 4.39 Å². The predicted octanol–water partition coefficient (Wildman–Crippen LogP) is 3.91. The first-order valence-electron chi connectivity index (χ1n) is 12.3. The molecule has 1 atom stereocenters. The number of carbonyl (C=O) groups excluding carboxylic acids is 2. The van der Waals surface area contributed by atoms with Crippen LogP contribution in [-0.4, -0.2) is 53.9 Å². The lowest BCUT2D eigenvalue weighted by molar-refractivity contribution is -0.140. The van der Waals surface area contributed by atoms with Crippen LogP contribution in [0, 0.1) is 5.82 Å². The summed E-state index contributed by atoms with van der Waals surface area (Å²) in [6.45, 7) is 2.58. The van der Waals surface area contributed by atoms with Crippen LogP contribution in [0.5, 0.6) is 0 Å². The summed E-state index contributed by atoms with van der Waals surface area (Å²) in [4.78, 5) is 29.4. The van der Waals surface area contributed by atoms with E-state index in [0.717, 1.165) is 29.7 Å². The van der Waals surface area contributed by atoms with Gasteiger partial charge < -0.3 is 19.4 Å². The Bertz CT molecular complexity index is 1160. The van der Waals surface area contributed by atoms with Crippen LogP contribution in [0.3, 0.4) is 0 Å². The van der Waals surface area contributed by atoms with E-state index in [1.807, 2.05) is 41.3 Å². The molecule has 188 valence electrons. The van der Waals surface area contributed by atoms with Crippen LogP contribution in [0.1, 0.15) is 46.2 Å². The van der Waals surface area contributed by atoms with Crippen molar-refractivity contribution in [2.75, 3.05) is 26.2 Å². The van der Waals surface area contributed by atoms with Crippen molar-refractivity contribution in [1.82, 2.24) is 15.1 Å². The number of furan rings is 1. The van der Waals surface area contributed by atoms with E-state index in [2.05, 4.69) is 5.32 Å². The monoisotopic (exact) mass is 491 g/mol. The average molecular weight is 492 g/mol. The minimum atomic E-state index is -0.298. The third kappa shape index (κ3) is 6.38. The fourth-order valence-electron chi connectivity index (χ4n) is 4.35. The van der Waals surface area contributed by atoms with Crippen molar-refractivity contribution < 1.29 is 23.1 Å². The molecule has 1 saturated carbocycles. The first kappa shape index (κ1) is 24.2. The van der Waals surface area contributed by atoms with Crippen molar-refractivity contribution in [2.24, 2.45) is 0 Å². The number of halogens is 1. The summed E-state index contributed by atoms with van der Waals surface area (Å²) in [6, 6.07) is 17.8. The number of nitrogens with one attached hydrogen (secondary N) is 1. The second-order valence-electron chi connectivity index (χ2n) is 9.42. The SMILES string of the molecule is O=C(NC1CC1)c1ccc(CN(CC(=O)N2CCOC(c3ccc(F)cc3)C2)Cc2ccco2)cc1. The van der Waals surface area contributed by atoms with Crippen LogP contribution >= 0.6 is 0 Å². The standard InChI is InChI=1S/C28H30FN3O4/c29-23-9-7-21(8-10-23)26-18-32(13-15-36-26)27(33)19-31(17-25-2-1-14-35-25)16-20-3-5-22(6-4-20)28(34)30-24-11-12-24/h1-10,14,24,26H,11-13,15-19H2,(H,30,34). The number of rotatable bonds is 9. The predicted molar refractivity (Wildman–Crippen MR) is 131 cm³/mol. The zero-order valence-electron chi connectivity index (χ0n) is 20.1. The van der Waals surface area contributed by atoms with Crippen molar-refractivity contribution in [3.8, 4) is 0 Å². The van der Waals surface area contributed by atoms with Crippen LogP contribution in [0.25, 0.3) is 0 Å². The highest BCUT2D eigenvalue weighted by Gasteiger charge is 2.27. The molecule has 0 bridgehead atoms. The molecule has 8 heteroatoms. The highest BCUT2D eigenvalue weighted by Crippen LogP contribution is 2.23. The van der Waals surface area contributed by atoms with Crippen LogP contribution in [0.2, 0.25) is 0 Å².